The molecule has 0 amide bonds. The summed E-state index contributed by atoms with van der Waals surface area (Å²) in [4.78, 5) is 20.2. The molecule has 1 aromatic heterocycles. The van der Waals surface area contributed by atoms with Gasteiger partial charge in [-0.2, -0.15) is 4.98 Å². The van der Waals surface area contributed by atoms with Gasteiger partial charge in [0.2, 0.25) is 5.95 Å². The largest absolute Gasteiger partial charge is 0.494 e. The van der Waals surface area contributed by atoms with Crippen LogP contribution in [0.1, 0.15) is 30.6 Å². The number of halogens is 1. The number of anilines is 3. The maximum atomic E-state index is 11.4. The number of aromatic nitrogens is 2. The lowest BCUT2D eigenvalue weighted by atomic mass is 10.0. The molecule has 8 nitrogen and oxygen atoms in total. The Morgan fingerprint density at radius 1 is 1.18 bits per heavy atom. The van der Waals surface area contributed by atoms with Gasteiger partial charge < -0.3 is 25.8 Å². The highest BCUT2D eigenvalue weighted by atomic mass is 35.5. The first kappa shape index (κ1) is 24.2. The van der Waals surface area contributed by atoms with Crippen molar-refractivity contribution in [1.82, 2.24) is 15.3 Å². The molecule has 0 radical (unpaired) electrons. The summed E-state index contributed by atoms with van der Waals surface area (Å²) in [5.74, 6) is 0.676. The third-order valence-corrected chi connectivity index (χ3v) is 4.91. The summed E-state index contributed by atoms with van der Waals surface area (Å²) in [5, 5.41) is 19.2. The normalized spacial score (nSPS) is 11.4. The topological polar surface area (TPSA) is 108 Å². The quantitative estimate of drug-likeness (QED) is 0.308. The molecule has 0 saturated carbocycles. The number of ether oxygens (including phenoxy) is 1. The minimum absolute atomic E-state index is 0.179. The summed E-state index contributed by atoms with van der Waals surface area (Å²) in [6.07, 6.45) is -0.179. The highest BCUT2D eigenvalue weighted by Gasteiger charge is 2.17. The van der Waals surface area contributed by atoms with Gasteiger partial charge in [-0.05, 0) is 68.0 Å². The predicted octanol–water partition coefficient (Wildman–Crippen LogP) is 5.08. The molecular weight excluding hydrogens is 462 g/mol. The summed E-state index contributed by atoms with van der Waals surface area (Å²) in [6.45, 7) is 4.37. The van der Waals surface area contributed by atoms with Gasteiger partial charge in [0.25, 0.3) is 0 Å². The predicted molar refractivity (Wildman–Crippen MR) is 133 cm³/mol. The average Bonchev–Trinajstić information content (AvgIpc) is 2.74. The summed E-state index contributed by atoms with van der Waals surface area (Å²) in [5.41, 5.74) is 2.27. The number of benzene rings is 2. The van der Waals surface area contributed by atoms with Crippen LogP contribution < -0.4 is 20.7 Å². The van der Waals surface area contributed by atoms with Crippen molar-refractivity contribution in [3.05, 3.63) is 70.9 Å². The van der Waals surface area contributed by atoms with E-state index in [1.807, 2.05) is 38.1 Å². The second kappa shape index (κ2) is 11.4. The van der Waals surface area contributed by atoms with Crippen molar-refractivity contribution >= 4 is 52.4 Å². The Morgan fingerprint density at radius 3 is 2.61 bits per heavy atom. The number of rotatable bonds is 9. The molecule has 0 aliphatic rings. The number of hydrogen-bond acceptors (Lipinski definition) is 6. The third-order valence-electron chi connectivity index (χ3n) is 4.45. The van der Waals surface area contributed by atoms with E-state index in [-0.39, 0.29) is 17.5 Å². The van der Waals surface area contributed by atoms with Gasteiger partial charge in [-0.25, -0.2) is 4.98 Å². The molecule has 0 saturated heterocycles. The fourth-order valence-electron chi connectivity index (χ4n) is 3.08. The number of nitrogens with one attached hydrogen (secondary N) is 3. The van der Waals surface area contributed by atoms with Gasteiger partial charge in [0, 0.05) is 22.5 Å². The first-order valence-electron chi connectivity index (χ1n) is 10.2. The van der Waals surface area contributed by atoms with Crippen LogP contribution in [0.2, 0.25) is 5.02 Å². The van der Waals surface area contributed by atoms with Crippen LogP contribution in [-0.4, -0.2) is 32.8 Å². The Morgan fingerprint density at radius 2 is 1.94 bits per heavy atom. The second-order valence-electron chi connectivity index (χ2n) is 7.10. The molecule has 4 N–H and O–H groups in total. The van der Waals surface area contributed by atoms with E-state index in [1.165, 1.54) is 0 Å². The van der Waals surface area contributed by atoms with Crippen LogP contribution in [0, 0.1) is 6.92 Å². The number of nitrogens with zero attached hydrogens (tertiary/aromatic N) is 2. The highest BCUT2D eigenvalue weighted by Crippen LogP contribution is 2.22. The molecule has 3 aromatic rings. The molecule has 0 bridgehead atoms. The second-order valence-corrected chi connectivity index (χ2v) is 7.95. The summed E-state index contributed by atoms with van der Waals surface area (Å²) >= 11 is 11.5. The first-order chi connectivity index (χ1) is 15.8. The third kappa shape index (κ3) is 7.58. The fraction of sp³-hybridized carbons (Fsp3) is 0.217. The van der Waals surface area contributed by atoms with E-state index in [0.29, 0.717) is 23.0 Å². The van der Waals surface area contributed by atoms with E-state index < -0.39 is 12.0 Å². The van der Waals surface area contributed by atoms with Crippen LogP contribution in [-0.2, 0) is 4.79 Å². The molecule has 172 valence electrons. The molecule has 10 heteroatoms. The number of carbonyl (C=O) groups is 1. The maximum absolute atomic E-state index is 11.4. The van der Waals surface area contributed by atoms with Crippen LogP contribution in [0.5, 0.6) is 5.75 Å². The maximum Gasteiger partial charge on any atom is 0.305 e. The van der Waals surface area contributed by atoms with E-state index in [9.17, 15) is 9.90 Å². The summed E-state index contributed by atoms with van der Waals surface area (Å²) < 4.78 is 5.46. The molecule has 3 rings (SSSR count). The van der Waals surface area contributed by atoms with E-state index in [1.54, 1.807) is 30.3 Å². The monoisotopic (exact) mass is 485 g/mol. The number of aryl methyl sites for hydroxylation is 1. The molecule has 0 aliphatic carbocycles. The van der Waals surface area contributed by atoms with Crippen LogP contribution in [0.15, 0.2) is 54.6 Å². The van der Waals surface area contributed by atoms with Crippen molar-refractivity contribution in [2.45, 2.75) is 26.3 Å². The lowest BCUT2D eigenvalue weighted by Gasteiger charge is -2.20. The Labute approximate surface area is 202 Å². The lowest BCUT2D eigenvalue weighted by molar-refractivity contribution is -0.137. The zero-order chi connectivity index (χ0) is 23.8. The number of carboxylic acids is 1. The van der Waals surface area contributed by atoms with E-state index in [2.05, 4.69) is 25.9 Å². The van der Waals surface area contributed by atoms with Crippen LogP contribution >= 0.6 is 23.8 Å². The average molecular weight is 486 g/mol. The zero-order valence-corrected chi connectivity index (χ0v) is 19.7. The Bertz CT molecular complexity index is 1130. The van der Waals surface area contributed by atoms with Crippen molar-refractivity contribution in [2.24, 2.45) is 0 Å². The molecule has 33 heavy (non-hydrogen) atoms. The number of aliphatic carboxylic acids is 1. The fourth-order valence-corrected chi connectivity index (χ4v) is 3.52. The van der Waals surface area contributed by atoms with Gasteiger partial charge in [-0.3, -0.25) is 4.79 Å². The van der Waals surface area contributed by atoms with Gasteiger partial charge >= 0.3 is 5.97 Å². The van der Waals surface area contributed by atoms with Gasteiger partial charge in [0.05, 0.1) is 19.1 Å². The van der Waals surface area contributed by atoms with Crippen molar-refractivity contribution in [3.63, 3.8) is 0 Å². The SMILES string of the molecule is CCOc1ccc(Nc2cc(C)nc(NC(=S)NC(CC(=O)O)c3cccc(Cl)c3)n2)cc1. The van der Waals surface area contributed by atoms with Gasteiger partial charge in [-0.1, -0.05) is 23.7 Å². The Kier molecular flexibility index (Phi) is 8.39. The van der Waals surface area contributed by atoms with Crippen molar-refractivity contribution in [3.8, 4) is 5.75 Å². The molecule has 1 heterocycles. The lowest BCUT2D eigenvalue weighted by Crippen LogP contribution is -2.34. The minimum Gasteiger partial charge on any atom is -0.494 e. The molecule has 0 aliphatic heterocycles. The van der Waals surface area contributed by atoms with Crippen molar-refractivity contribution in [1.29, 1.82) is 0 Å². The summed E-state index contributed by atoms with van der Waals surface area (Å²) in [7, 11) is 0. The van der Waals surface area contributed by atoms with Gasteiger partial charge in [-0.15, -0.1) is 0 Å². The molecule has 2 aromatic carbocycles. The van der Waals surface area contributed by atoms with E-state index in [0.717, 1.165) is 17.1 Å². The Hall–Kier alpha value is -3.43. The van der Waals surface area contributed by atoms with E-state index >= 15 is 0 Å². The Balaban J connectivity index is 1.70. The van der Waals surface area contributed by atoms with E-state index in [4.69, 9.17) is 28.6 Å². The summed E-state index contributed by atoms with van der Waals surface area (Å²) in [6, 6.07) is 15.7. The molecule has 1 unspecified atom stereocenters. The molecule has 0 spiro atoms. The smallest absolute Gasteiger partial charge is 0.305 e. The standard InChI is InChI=1S/C23H24ClN5O3S/c1-3-32-18-9-7-17(8-10-18)26-20-11-14(2)25-22(28-20)29-23(33)27-19(13-21(30)31)15-5-4-6-16(24)12-15/h4-12,19H,3,13H2,1-2H3,(H,30,31)(H3,25,26,27,28,29,33). The molecular formula is C23H24ClN5O3S. The highest BCUT2D eigenvalue weighted by molar-refractivity contribution is 7.80. The van der Waals surface area contributed by atoms with Crippen molar-refractivity contribution in [2.75, 3.05) is 17.2 Å². The number of carboxylic acid groups (broad SMARTS) is 1. The first-order valence-corrected chi connectivity index (χ1v) is 11.0. The molecule has 1 atom stereocenters. The van der Waals surface area contributed by atoms with Crippen LogP contribution in [0.25, 0.3) is 0 Å². The van der Waals surface area contributed by atoms with Gasteiger partial charge in [0.15, 0.2) is 5.11 Å². The minimum atomic E-state index is -0.969. The number of hydrogen-bond donors (Lipinski definition) is 4. The number of thiocarbonyl (C=S) groups is 1. The van der Waals surface area contributed by atoms with Gasteiger partial charge in [0.1, 0.15) is 11.6 Å². The van der Waals surface area contributed by atoms with Crippen LogP contribution in [0.3, 0.4) is 0 Å². The zero-order valence-electron chi connectivity index (χ0n) is 18.1. The molecule has 0 fully saturated rings. The van der Waals surface area contributed by atoms with Crippen molar-refractivity contribution < 1.29 is 14.6 Å². The van der Waals surface area contributed by atoms with Crippen LogP contribution in [0.4, 0.5) is 17.5 Å².